The Labute approximate surface area is 272 Å². The standard InChI is InChI=1S/C27H20N3.C12H10N.Ir/c1-18-9-10-22(19(2)16-18)24-12-11-23(26-27(24)30-15-14-29-26)20-6-5-7-21(17-20)25-8-3-4-13-28-25;1-10-7-8-13-12(9-10)11-5-3-2-4-6-11;/h3-6,8-17H,1-2H3;2-5,7-9H,1H3;/q2*-1;. The van der Waals surface area contributed by atoms with Crippen LogP contribution in [0.25, 0.3) is 55.8 Å². The summed E-state index contributed by atoms with van der Waals surface area (Å²) < 4.78 is 0. The quantitative estimate of drug-likeness (QED) is 0.169. The van der Waals surface area contributed by atoms with Crippen LogP contribution >= 0.6 is 0 Å². The molecule has 0 atom stereocenters. The summed E-state index contributed by atoms with van der Waals surface area (Å²) >= 11 is 0. The molecular formula is C39H30IrN4-2. The van der Waals surface area contributed by atoms with Gasteiger partial charge in [0.1, 0.15) is 0 Å². The zero-order chi connectivity index (χ0) is 29.6. The molecule has 0 saturated carbocycles. The van der Waals surface area contributed by atoms with Crippen molar-refractivity contribution in [3.8, 4) is 44.8 Å². The van der Waals surface area contributed by atoms with Crippen molar-refractivity contribution in [2.75, 3.05) is 0 Å². The molecule has 0 aliphatic rings. The van der Waals surface area contributed by atoms with Crippen molar-refractivity contribution in [2.24, 2.45) is 0 Å². The van der Waals surface area contributed by atoms with Gasteiger partial charge in [-0.2, -0.15) is 0 Å². The molecule has 0 spiro atoms. The number of aromatic nitrogens is 4. The summed E-state index contributed by atoms with van der Waals surface area (Å²) in [5.41, 5.74) is 13.8. The maximum absolute atomic E-state index is 4.71. The first kappa shape index (κ1) is 30.6. The van der Waals surface area contributed by atoms with Gasteiger partial charge in [0.25, 0.3) is 0 Å². The van der Waals surface area contributed by atoms with E-state index in [9.17, 15) is 0 Å². The third kappa shape index (κ3) is 6.86. The number of benzene rings is 4. The Kier molecular flexibility index (Phi) is 9.81. The van der Waals surface area contributed by atoms with Gasteiger partial charge in [0.05, 0.1) is 11.0 Å². The summed E-state index contributed by atoms with van der Waals surface area (Å²) in [5, 5.41) is 0. The van der Waals surface area contributed by atoms with Gasteiger partial charge in [-0.1, -0.05) is 65.2 Å². The molecule has 0 saturated heterocycles. The zero-order valence-electron chi connectivity index (χ0n) is 24.7. The Hall–Kier alpha value is -4.83. The molecule has 3 heterocycles. The van der Waals surface area contributed by atoms with Gasteiger partial charge in [0.15, 0.2) is 0 Å². The van der Waals surface area contributed by atoms with Crippen LogP contribution in [0.4, 0.5) is 0 Å². The number of hydrogen-bond donors (Lipinski definition) is 0. The third-order valence-corrected chi connectivity index (χ3v) is 7.25. The molecule has 0 aliphatic carbocycles. The second-order valence-corrected chi connectivity index (χ2v) is 10.4. The van der Waals surface area contributed by atoms with Crippen molar-refractivity contribution >= 4 is 11.0 Å². The largest absolute Gasteiger partial charge is 0.305 e. The smallest absolute Gasteiger partial charge is 0.0970 e. The summed E-state index contributed by atoms with van der Waals surface area (Å²) in [5.74, 6) is 0. The van der Waals surface area contributed by atoms with E-state index < -0.39 is 0 Å². The average Bonchev–Trinajstić information content (AvgIpc) is 3.06. The Morgan fingerprint density at radius 1 is 0.477 bits per heavy atom. The van der Waals surface area contributed by atoms with E-state index in [1.807, 2.05) is 60.8 Å². The van der Waals surface area contributed by atoms with Crippen LogP contribution in [0, 0.1) is 32.9 Å². The van der Waals surface area contributed by atoms with Crippen LogP contribution in [0.3, 0.4) is 0 Å². The number of rotatable bonds is 4. The summed E-state index contributed by atoms with van der Waals surface area (Å²) in [6.07, 6.45) is 7.14. The van der Waals surface area contributed by atoms with Crippen LogP contribution in [0.5, 0.6) is 0 Å². The topological polar surface area (TPSA) is 51.6 Å². The Morgan fingerprint density at radius 3 is 1.91 bits per heavy atom. The molecule has 7 aromatic rings. The SMILES string of the molecule is Cc1ccc(-c2ccc(-c3cc[c-]c(-c4ccccn4)c3)c3nccnc23)c(C)c1.Cc1ccnc(-c2[c-]cccc2)c1.[Ir]. The molecule has 0 amide bonds. The molecule has 1 radical (unpaired) electrons. The van der Waals surface area contributed by atoms with E-state index in [0.29, 0.717) is 0 Å². The minimum atomic E-state index is 0. The van der Waals surface area contributed by atoms with E-state index in [2.05, 4.69) is 91.4 Å². The summed E-state index contributed by atoms with van der Waals surface area (Å²) in [7, 11) is 0. The van der Waals surface area contributed by atoms with Gasteiger partial charge in [0.2, 0.25) is 0 Å². The molecule has 217 valence electrons. The monoisotopic (exact) mass is 747 g/mol. The molecule has 0 unspecified atom stereocenters. The van der Waals surface area contributed by atoms with Gasteiger partial charge in [-0.25, -0.2) is 0 Å². The molecule has 0 N–H and O–H groups in total. The first-order chi connectivity index (χ1) is 21.1. The fourth-order valence-electron chi connectivity index (χ4n) is 5.16. The van der Waals surface area contributed by atoms with Crippen LogP contribution in [-0.4, -0.2) is 19.9 Å². The van der Waals surface area contributed by atoms with Crippen LogP contribution in [0.2, 0.25) is 0 Å². The fraction of sp³-hybridized carbons (Fsp3) is 0.0769. The molecular weight excluding hydrogens is 717 g/mol. The van der Waals surface area contributed by atoms with Gasteiger partial charge in [-0.3, -0.25) is 9.97 Å². The van der Waals surface area contributed by atoms with Crippen molar-refractivity contribution in [1.82, 2.24) is 19.9 Å². The van der Waals surface area contributed by atoms with Crippen LogP contribution < -0.4 is 0 Å². The van der Waals surface area contributed by atoms with Crippen molar-refractivity contribution in [1.29, 1.82) is 0 Å². The van der Waals surface area contributed by atoms with Crippen molar-refractivity contribution in [3.63, 3.8) is 0 Å². The second kappa shape index (κ2) is 14.1. The van der Waals surface area contributed by atoms with Gasteiger partial charge < -0.3 is 9.97 Å². The second-order valence-electron chi connectivity index (χ2n) is 10.4. The van der Waals surface area contributed by atoms with Gasteiger partial charge >= 0.3 is 0 Å². The first-order valence-electron chi connectivity index (χ1n) is 14.2. The Bertz CT molecular complexity index is 2010. The van der Waals surface area contributed by atoms with E-state index in [1.54, 1.807) is 18.6 Å². The molecule has 5 heteroatoms. The molecule has 3 aromatic heterocycles. The number of aryl methyl sites for hydroxylation is 3. The summed E-state index contributed by atoms with van der Waals surface area (Å²) in [6, 6.07) is 41.2. The van der Waals surface area contributed by atoms with E-state index in [1.165, 1.54) is 22.3 Å². The molecule has 4 aromatic carbocycles. The maximum atomic E-state index is 4.71. The molecule has 44 heavy (non-hydrogen) atoms. The van der Waals surface area contributed by atoms with E-state index >= 15 is 0 Å². The maximum Gasteiger partial charge on any atom is 0.0970 e. The van der Waals surface area contributed by atoms with E-state index in [4.69, 9.17) is 9.97 Å². The number of nitrogens with zero attached hydrogens (tertiary/aromatic N) is 4. The molecule has 0 bridgehead atoms. The predicted octanol–water partition coefficient (Wildman–Crippen LogP) is 9.30. The zero-order valence-corrected chi connectivity index (χ0v) is 27.1. The van der Waals surface area contributed by atoms with Crippen LogP contribution in [0.1, 0.15) is 16.7 Å². The average molecular weight is 747 g/mol. The minimum Gasteiger partial charge on any atom is -0.305 e. The fourth-order valence-corrected chi connectivity index (χ4v) is 5.16. The summed E-state index contributed by atoms with van der Waals surface area (Å²) in [6.45, 7) is 6.32. The van der Waals surface area contributed by atoms with E-state index in [0.717, 1.165) is 50.2 Å². The van der Waals surface area contributed by atoms with Gasteiger partial charge in [-0.15, -0.1) is 65.7 Å². The summed E-state index contributed by atoms with van der Waals surface area (Å²) in [4.78, 5) is 18.1. The number of hydrogen-bond acceptors (Lipinski definition) is 4. The van der Waals surface area contributed by atoms with Gasteiger partial charge in [-0.05, 0) is 61.0 Å². The first-order valence-corrected chi connectivity index (χ1v) is 14.2. The Morgan fingerprint density at radius 2 is 1.18 bits per heavy atom. The molecule has 7 rings (SSSR count). The van der Waals surface area contributed by atoms with Crippen LogP contribution in [0.15, 0.2) is 128 Å². The number of pyridine rings is 2. The van der Waals surface area contributed by atoms with Crippen molar-refractivity contribution < 1.29 is 20.1 Å². The molecule has 4 nitrogen and oxygen atoms in total. The molecule has 0 fully saturated rings. The van der Waals surface area contributed by atoms with Crippen LogP contribution in [-0.2, 0) is 20.1 Å². The van der Waals surface area contributed by atoms with Crippen molar-refractivity contribution in [3.05, 3.63) is 157 Å². The normalized spacial score (nSPS) is 10.4. The number of fused-ring (bicyclic) bond motifs is 1. The third-order valence-electron chi connectivity index (χ3n) is 7.25. The minimum absolute atomic E-state index is 0. The van der Waals surface area contributed by atoms with Gasteiger partial charge in [0, 0.05) is 50.5 Å². The molecule has 0 aliphatic heterocycles. The van der Waals surface area contributed by atoms with E-state index in [-0.39, 0.29) is 20.1 Å². The van der Waals surface area contributed by atoms with Crippen molar-refractivity contribution in [2.45, 2.75) is 20.8 Å². The Balaban J connectivity index is 0.000000230. The predicted molar refractivity (Wildman–Crippen MR) is 175 cm³/mol.